The predicted octanol–water partition coefficient (Wildman–Crippen LogP) is 2.03. The Morgan fingerprint density at radius 2 is 2.06 bits per heavy atom. The summed E-state index contributed by atoms with van der Waals surface area (Å²) in [6.45, 7) is 2.79. The number of hydrogen-bond donors (Lipinski definition) is 0. The van der Waals surface area contributed by atoms with Gasteiger partial charge in [0.15, 0.2) is 0 Å². The van der Waals surface area contributed by atoms with Gasteiger partial charge in [-0.3, -0.25) is 4.79 Å². The van der Waals surface area contributed by atoms with Crippen LogP contribution in [-0.4, -0.2) is 49.4 Å². The van der Waals surface area contributed by atoms with Gasteiger partial charge < -0.3 is 9.80 Å². The monoisotopic (exact) mass is 246 g/mol. The van der Waals surface area contributed by atoms with Gasteiger partial charge >= 0.3 is 0 Å². The summed E-state index contributed by atoms with van der Waals surface area (Å²) in [5, 5.41) is 0. The number of fused-ring (bicyclic) bond motifs is 1. The van der Waals surface area contributed by atoms with Crippen molar-refractivity contribution in [3.05, 3.63) is 35.4 Å². The van der Waals surface area contributed by atoms with Crippen molar-refractivity contribution in [1.82, 2.24) is 9.80 Å². The van der Waals surface area contributed by atoms with Crippen molar-refractivity contribution >= 4 is 5.91 Å². The number of aryl methyl sites for hydroxylation is 1. The lowest BCUT2D eigenvalue weighted by Crippen LogP contribution is -2.33. The molecule has 1 amide bonds. The zero-order valence-electron chi connectivity index (χ0n) is 11.4. The fraction of sp³-hybridized carbons (Fsp3) is 0.533. The first-order valence-corrected chi connectivity index (χ1v) is 6.70. The standard InChI is InChI=1S/C15H22N2O/c1-16(2)10-6-12-17-11-5-8-13-7-3-4-9-14(13)15(17)18/h3-4,7,9H,5-6,8,10-12H2,1-2H3. The first kappa shape index (κ1) is 13.1. The Balaban J connectivity index is 2.03. The fourth-order valence-corrected chi connectivity index (χ4v) is 2.47. The number of hydrogen-bond acceptors (Lipinski definition) is 2. The number of amides is 1. The van der Waals surface area contributed by atoms with Crippen LogP contribution in [0.25, 0.3) is 0 Å². The normalized spacial score (nSPS) is 15.7. The maximum absolute atomic E-state index is 12.4. The van der Waals surface area contributed by atoms with Crippen LogP contribution in [0.1, 0.15) is 28.8 Å². The molecule has 0 bridgehead atoms. The Hall–Kier alpha value is -1.35. The summed E-state index contributed by atoms with van der Waals surface area (Å²) in [6.07, 6.45) is 3.14. The van der Waals surface area contributed by atoms with Crippen molar-refractivity contribution in [2.75, 3.05) is 33.7 Å². The minimum absolute atomic E-state index is 0.210. The highest BCUT2D eigenvalue weighted by Gasteiger charge is 2.21. The third kappa shape index (κ3) is 3.10. The summed E-state index contributed by atoms with van der Waals surface area (Å²) < 4.78 is 0. The van der Waals surface area contributed by atoms with Crippen molar-refractivity contribution < 1.29 is 4.79 Å². The van der Waals surface area contributed by atoms with E-state index in [-0.39, 0.29) is 5.91 Å². The zero-order valence-corrected chi connectivity index (χ0v) is 11.4. The lowest BCUT2D eigenvalue weighted by molar-refractivity contribution is 0.0755. The predicted molar refractivity (Wildman–Crippen MR) is 73.8 cm³/mol. The van der Waals surface area contributed by atoms with Gasteiger partial charge in [0.05, 0.1) is 0 Å². The van der Waals surface area contributed by atoms with E-state index in [4.69, 9.17) is 0 Å². The highest BCUT2D eigenvalue weighted by molar-refractivity contribution is 5.96. The van der Waals surface area contributed by atoms with E-state index < -0.39 is 0 Å². The van der Waals surface area contributed by atoms with Crippen LogP contribution in [0.4, 0.5) is 0 Å². The van der Waals surface area contributed by atoms with Crippen molar-refractivity contribution in [3.8, 4) is 0 Å². The molecule has 0 saturated carbocycles. The SMILES string of the molecule is CN(C)CCCN1CCCc2ccccc2C1=O. The summed E-state index contributed by atoms with van der Waals surface area (Å²) >= 11 is 0. The zero-order chi connectivity index (χ0) is 13.0. The molecular weight excluding hydrogens is 224 g/mol. The van der Waals surface area contributed by atoms with Crippen molar-refractivity contribution in [2.24, 2.45) is 0 Å². The minimum atomic E-state index is 0.210. The lowest BCUT2D eigenvalue weighted by Gasteiger charge is -2.21. The average Bonchev–Trinajstić information content (AvgIpc) is 2.50. The average molecular weight is 246 g/mol. The molecule has 0 atom stereocenters. The van der Waals surface area contributed by atoms with E-state index in [2.05, 4.69) is 25.1 Å². The second kappa shape index (κ2) is 6.01. The first-order valence-electron chi connectivity index (χ1n) is 6.70. The molecule has 0 saturated heterocycles. The number of carbonyl (C=O) groups excluding carboxylic acids is 1. The first-order chi connectivity index (χ1) is 8.68. The molecule has 1 aliphatic heterocycles. The molecule has 0 unspecified atom stereocenters. The lowest BCUT2D eigenvalue weighted by atomic mass is 10.0. The van der Waals surface area contributed by atoms with Crippen LogP contribution in [0, 0.1) is 0 Å². The number of rotatable bonds is 4. The van der Waals surface area contributed by atoms with Gasteiger partial charge in [0.25, 0.3) is 5.91 Å². The van der Waals surface area contributed by atoms with E-state index in [9.17, 15) is 4.79 Å². The molecule has 18 heavy (non-hydrogen) atoms. The largest absolute Gasteiger partial charge is 0.339 e. The second-order valence-corrected chi connectivity index (χ2v) is 5.21. The molecule has 1 aromatic rings. The maximum Gasteiger partial charge on any atom is 0.254 e. The molecule has 0 fully saturated rings. The summed E-state index contributed by atoms with van der Waals surface area (Å²) in [6, 6.07) is 8.02. The number of nitrogens with zero attached hydrogens (tertiary/aromatic N) is 2. The van der Waals surface area contributed by atoms with Crippen LogP contribution in [0.2, 0.25) is 0 Å². The summed E-state index contributed by atoms with van der Waals surface area (Å²) in [5.41, 5.74) is 2.11. The minimum Gasteiger partial charge on any atom is -0.339 e. The molecule has 2 rings (SSSR count). The van der Waals surface area contributed by atoms with Crippen LogP contribution in [0.5, 0.6) is 0 Å². The van der Waals surface area contributed by atoms with Gasteiger partial charge in [0.1, 0.15) is 0 Å². The maximum atomic E-state index is 12.4. The molecule has 0 aliphatic carbocycles. The van der Waals surface area contributed by atoms with E-state index in [1.807, 2.05) is 23.1 Å². The van der Waals surface area contributed by atoms with Crippen LogP contribution >= 0.6 is 0 Å². The Bertz CT molecular complexity index is 415. The third-order valence-corrected chi connectivity index (χ3v) is 3.44. The second-order valence-electron chi connectivity index (χ2n) is 5.21. The van der Waals surface area contributed by atoms with Crippen LogP contribution < -0.4 is 0 Å². The number of carbonyl (C=O) groups is 1. The van der Waals surface area contributed by atoms with Gasteiger partial charge in [-0.15, -0.1) is 0 Å². The van der Waals surface area contributed by atoms with Gasteiger partial charge in [0.2, 0.25) is 0 Å². The van der Waals surface area contributed by atoms with Crippen LogP contribution in [0.3, 0.4) is 0 Å². The molecule has 98 valence electrons. The van der Waals surface area contributed by atoms with Crippen molar-refractivity contribution in [1.29, 1.82) is 0 Å². The topological polar surface area (TPSA) is 23.6 Å². The van der Waals surface area contributed by atoms with E-state index >= 15 is 0 Å². The van der Waals surface area contributed by atoms with E-state index in [0.29, 0.717) is 0 Å². The summed E-state index contributed by atoms with van der Waals surface area (Å²) in [5.74, 6) is 0.210. The molecular formula is C15H22N2O. The number of benzene rings is 1. The van der Waals surface area contributed by atoms with Gasteiger partial charge in [-0.1, -0.05) is 18.2 Å². The molecule has 0 spiro atoms. The van der Waals surface area contributed by atoms with Gasteiger partial charge in [-0.05, 0) is 51.5 Å². The smallest absolute Gasteiger partial charge is 0.254 e. The van der Waals surface area contributed by atoms with Crippen molar-refractivity contribution in [2.45, 2.75) is 19.3 Å². The molecule has 3 heteroatoms. The van der Waals surface area contributed by atoms with E-state index in [1.54, 1.807) is 0 Å². The van der Waals surface area contributed by atoms with Crippen LogP contribution in [0.15, 0.2) is 24.3 Å². The molecule has 1 aromatic carbocycles. The Morgan fingerprint density at radius 1 is 1.28 bits per heavy atom. The molecule has 0 aromatic heterocycles. The van der Waals surface area contributed by atoms with Crippen LogP contribution in [-0.2, 0) is 6.42 Å². The Morgan fingerprint density at radius 3 is 2.83 bits per heavy atom. The highest BCUT2D eigenvalue weighted by Crippen LogP contribution is 2.18. The summed E-state index contributed by atoms with van der Waals surface area (Å²) in [4.78, 5) is 16.6. The quantitative estimate of drug-likeness (QED) is 0.811. The highest BCUT2D eigenvalue weighted by atomic mass is 16.2. The van der Waals surface area contributed by atoms with Gasteiger partial charge in [0, 0.05) is 18.7 Å². The molecule has 0 N–H and O–H groups in total. The molecule has 1 aliphatic rings. The van der Waals surface area contributed by atoms with E-state index in [1.165, 1.54) is 5.56 Å². The molecule has 1 heterocycles. The van der Waals surface area contributed by atoms with Gasteiger partial charge in [-0.2, -0.15) is 0 Å². The van der Waals surface area contributed by atoms with E-state index in [0.717, 1.165) is 44.5 Å². The van der Waals surface area contributed by atoms with Gasteiger partial charge in [-0.25, -0.2) is 0 Å². The third-order valence-electron chi connectivity index (χ3n) is 3.44. The Labute approximate surface area is 109 Å². The summed E-state index contributed by atoms with van der Waals surface area (Å²) in [7, 11) is 4.14. The fourth-order valence-electron chi connectivity index (χ4n) is 2.47. The molecule has 0 radical (unpaired) electrons. The molecule has 3 nitrogen and oxygen atoms in total. The Kier molecular flexibility index (Phi) is 4.37. The van der Waals surface area contributed by atoms with Crippen molar-refractivity contribution in [3.63, 3.8) is 0 Å².